The molecule has 108 valence electrons. The second-order valence-corrected chi connectivity index (χ2v) is 5.81. The van der Waals surface area contributed by atoms with Gasteiger partial charge in [0.2, 0.25) is 5.89 Å². The number of nitrogens with two attached hydrogens (primary N) is 1. The summed E-state index contributed by atoms with van der Waals surface area (Å²) >= 11 is 0. The molecule has 20 heavy (non-hydrogen) atoms. The molecule has 0 radical (unpaired) electrons. The maximum Gasteiger partial charge on any atom is 0.244 e. The summed E-state index contributed by atoms with van der Waals surface area (Å²) in [6.45, 7) is 5.88. The second-order valence-electron chi connectivity index (χ2n) is 5.81. The predicted octanol–water partition coefficient (Wildman–Crippen LogP) is 2.98. The van der Waals surface area contributed by atoms with E-state index in [1.54, 1.807) is 0 Å². The monoisotopic (exact) mass is 281 g/mol. The minimum atomic E-state index is -0.628. The standard InChI is InChI=1S/C14H17F2N3O/c1-14(2,3)12(17)13-18-11(19-20-13)6-8-4-5-9(15)7-10(8)16/h4-5,7,12H,6,17H2,1-3H3/t12-/m1/s1. The molecule has 0 aliphatic rings. The van der Waals surface area contributed by atoms with Crippen LogP contribution in [0.1, 0.15) is 44.1 Å². The van der Waals surface area contributed by atoms with E-state index in [0.717, 1.165) is 6.07 Å². The fourth-order valence-electron chi connectivity index (χ4n) is 1.67. The Morgan fingerprint density at radius 3 is 2.60 bits per heavy atom. The third-order valence-corrected chi connectivity index (χ3v) is 3.05. The zero-order chi connectivity index (χ0) is 14.9. The first-order valence-electron chi connectivity index (χ1n) is 6.29. The summed E-state index contributed by atoms with van der Waals surface area (Å²) in [5.74, 6) is -0.605. The average molecular weight is 281 g/mol. The van der Waals surface area contributed by atoms with Crippen molar-refractivity contribution in [2.75, 3.05) is 0 Å². The largest absolute Gasteiger partial charge is 0.338 e. The lowest BCUT2D eigenvalue weighted by molar-refractivity contribution is 0.252. The highest BCUT2D eigenvalue weighted by molar-refractivity contribution is 5.21. The van der Waals surface area contributed by atoms with Crippen LogP contribution in [0.4, 0.5) is 8.78 Å². The van der Waals surface area contributed by atoms with E-state index in [-0.39, 0.29) is 11.8 Å². The molecule has 1 aromatic carbocycles. The van der Waals surface area contributed by atoms with Crippen LogP contribution in [0.25, 0.3) is 0 Å². The van der Waals surface area contributed by atoms with Crippen LogP contribution in [0.15, 0.2) is 22.7 Å². The zero-order valence-electron chi connectivity index (χ0n) is 11.7. The Morgan fingerprint density at radius 1 is 1.30 bits per heavy atom. The fourth-order valence-corrected chi connectivity index (χ4v) is 1.67. The van der Waals surface area contributed by atoms with Crippen molar-refractivity contribution in [2.45, 2.75) is 33.2 Å². The quantitative estimate of drug-likeness (QED) is 0.939. The fraction of sp³-hybridized carbons (Fsp3) is 0.429. The van der Waals surface area contributed by atoms with E-state index in [2.05, 4.69) is 10.1 Å². The van der Waals surface area contributed by atoms with Gasteiger partial charge in [0.25, 0.3) is 0 Å². The van der Waals surface area contributed by atoms with Gasteiger partial charge >= 0.3 is 0 Å². The van der Waals surface area contributed by atoms with E-state index in [9.17, 15) is 8.78 Å². The van der Waals surface area contributed by atoms with Gasteiger partial charge < -0.3 is 10.3 Å². The normalized spacial score (nSPS) is 13.5. The number of hydrogen-bond donors (Lipinski definition) is 1. The Morgan fingerprint density at radius 2 is 2.00 bits per heavy atom. The molecule has 1 heterocycles. The van der Waals surface area contributed by atoms with Crippen molar-refractivity contribution < 1.29 is 13.3 Å². The molecule has 0 saturated carbocycles. The van der Waals surface area contributed by atoms with Crippen LogP contribution in [0, 0.1) is 17.0 Å². The Labute approximate surface area is 116 Å². The van der Waals surface area contributed by atoms with Gasteiger partial charge in [-0.25, -0.2) is 8.78 Å². The Bertz CT molecular complexity index is 605. The molecule has 0 aliphatic carbocycles. The van der Waals surface area contributed by atoms with Gasteiger partial charge in [-0.15, -0.1) is 0 Å². The van der Waals surface area contributed by atoms with Gasteiger partial charge in [-0.1, -0.05) is 32.0 Å². The summed E-state index contributed by atoms with van der Waals surface area (Å²) in [5.41, 5.74) is 6.10. The molecule has 2 N–H and O–H groups in total. The van der Waals surface area contributed by atoms with Gasteiger partial charge in [-0.3, -0.25) is 0 Å². The SMILES string of the molecule is CC(C)(C)[C@H](N)c1nc(Cc2ccc(F)cc2F)no1. The van der Waals surface area contributed by atoms with E-state index in [4.69, 9.17) is 10.3 Å². The lowest BCUT2D eigenvalue weighted by Gasteiger charge is -2.23. The van der Waals surface area contributed by atoms with Gasteiger partial charge in [0, 0.05) is 12.5 Å². The van der Waals surface area contributed by atoms with Crippen LogP contribution in [0.5, 0.6) is 0 Å². The summed E-state index contributed by atoms with van der Waals surface area (Å²) in [7, 11) is 0. The second kappa shape index (κ2) is 5.28. The van der Waals surface area contributed by atoms with Crippen molar-refractivity contribution in [1.82, 2.24) is 10.1 Å². The maximum absolute atomic E-state index is 13.5. The third kappa shape index (κ3) is 3.19. The van der Waals surface area contributed by atoms with E-state index >= 15 is 0 Å². The Hall–Kier alpha value is -1.82. The number of hydrogen-bond acceptors (Lipinski definition) is 4. The molecule has 0 unspecified atom stereocenters. The van der Waals surface area contributed by atoms with Crippen molar-refractivity contribution in [3.05, 3.63) is 47.1 Å². The molecule has 1 aromatic heterocycles. The third-order valence-electron chi connectivity index (χ3n) is 3.05. The van der Waals surface area contributed by atoms with Gasteiger partial charge in [-0.05, 0) is 17.0 Å². The molecule has 0 amide bonds. The van der Waals surface area contributed by atoms with Gasteiger partial charge in [0.1, 0.15) is 11.6 Å². The summed E-state index contributed by atoms with van der Waals surface area (Å²) in [5, 5.41) is 3.78. The Kier molecular flexibility index (Phi) is 3.85. The number of rotatable bonds is 3. The van der Waals surface area contributed by atoms with Crippen molar-refractivity contribution in [3.8, 4) is 0 Å². The lowest BCUT2D eigenvalue weighted by Crippen LogP contribution is -2.26. The van der Waals surface area contributed by atoms with Crippen molar-refractivity contribution in [3.63, 3.8) is 0 Å². The molecular weight excluding hydrogens is 264 g/mol. The number of nitrogens with zero attached hydrogens (tertiary/aromatic N) is 2. The van der Waals surface area contributed by atoms with Gasteiger partial charge in [0.05, 0.1) is 6.04 Å². The predicted molar refractivity (Wildman–Crippen MR) is 69.8 cm³/mol. The Balaban J connectivity index is 2.18. The number of halogens is 2. The first kappa shape index (κ1) is 14.6. The van der Waals surface area contributed by atoms with E-state index in [0.29, 0.717) is 17.3 Å². The molecule has 0 spiro atoms. The topological polar surface area (TPSA) is 64.9 Å². The van der Waals surface area contributed by atoms with Gasteiger partial charge in [0.15, 0.2) is 5.82 Å². The van der Waals surface area contributed by atoms with Gasteiger partial charge in [-0.2, -0.15) is 4.98 Å². The highest BCUT2D eigenvalue weighted by Crippen LogP contribution is 2.29. The van der Waals surface area contributed by atoms with Crippen LogP contribution in [0.2, 0.25) is 0 Å². The minimum absolute atomic E-state index is 0.131. The van der Waals surface area contributed by atoms with E-state index in [1.165, 1.54) is 12.1 Å². The highest BCUT2D eigenvalue weighted by Gasteiger charge is 2.27. The molecular formula is C14H17F2N3O. The molecule has 0 saturated heterocycles. The molecule has 0 bridgehead atoms. The van der Waals surface area contributed by atoms with Crippen LogP contribution < -0.4 is 5.73 Å². The van der Waals surface area contributed by atoms with Crippen LogP contribution in [-0.4, -0.2) is 10.1 Å². The number of aromatic nitrogens is 2. The molecule has 0 aliphatic heterocycles. The van der Waals surface area contributed by atoms with Crippen LogP contribution >= 0.6 is 0 Å². The molecule has 0 fully saturated rings. The van der Waals surface area contributed by atoms with Crippen LogP contribution in [-0.2, 0) is 6.42 Å². The molecule has 1 atom stereocenters. The molecule has 2 aromatic rings. The highest BCUT2D eigenvalue weighted by atomic mass is 19.1. The number of benzene rings is 1. The van der Waals surface area contributed by atoms with E-state index in [1.807, 2.05) is 20.8 Å². The van der Waals surface area contributed by atoms with E-state index < -0.39 is 17.7 Å². The first-order valence-corrected chi connectivity index (χ1v) is 6.29. The van der Waals surface area contributed by atoms with Crippen molar-refractivity contribution in [2.24, 2.45) is 11.1 Å². The maximum atomic E-state index is 13.5. The summed E-state index contributed by atoms with van der Waals surface area (Å²) in [6, 6.07) is 2.99. The van der Waals surface area contributed by atoms with Crippen LogP contribution in [0.3, 0.4) is 0 Å². The molecule has 4 nitrogen and oxygen atoms in total. The molecule has 2 rings (SSSR count). The lowest BCUT2D eigenvalue weighted by atomic mass is 9.87. The zero-order valence-corrected chi connectivity index (χ0v) is 11.7. The van der Waals surface area contributed by atoms with Crippen molar-refractivity contribution in [1.29, 1.82) is 0 Å². The summed E-state index contributed by atoms with van der Waals surface area (Å²) in [6.07, 6.45) is 0.131. The smallest absolute Gasteiger partial charge is 0.244 e. The summed E-state index contributed by atoms with van der Waals surface area (Å²) in [4.78, 5) is 4.17. The minimum Gasteiger partial charge on any atom is -0.338 e. The average Bonchev–Trinajstić information content (AvgIpc) is 2.79. The molecule has 6 heteroatoms. The summed E-state index contributed by atoms with van der Waals surface area (Å²) < 4.78 is 31.5. The van der Waals surface area contributed by atoms with Crippen molar-refractivity contribution >= 4 is 0 Å². The first-order chi connectivity index (χ1) is 9.27.